The maximum Gasteiger partial charge on any atom is 0.0901 e. The molecule has 0 unspecified atom stereocenters. The number of pyridine rings is 22. The van der Waals surface area contributed by atoms with Crippen LogP contribution in [0.15, 0.2) is 487 Å². The van der Waals surface area contributed by atoms with Crippen LogP contribution >= 0.6 is 0 Å². The van der Waals surface area contributed by atoms with Gasteiger partial charge in [0.1, 0.15) is 0 Å². The monoisotopic (exact) mass is 1880 g/mol. The van der Waals surface area contributed by atoms with Crippen LogP contribution < -0.4 is 0 Å². The number of benzene rings is 3. The third kappa shape index (κ3) is 19.9. The summed E-state index contributed by atoms with van der Waals surface area (Å²) in [6.45, 7) is 0. The van der Waals surface area contributed by atoms with Crippen molar-refractivity contribution in [2.45, 2.75) is 0 Å². The Bertz CT molecular complexity index is 7920. The molecule has 0 radical (unpaired) electrons. The summed E-state index contributed by atoms with van der Waals surface area (Å²) in [6.07, 6.45) is 21.4. The van der Waals surface area contributed by atoms with Crippen LogP contribution in [0.2, 0.25) is 0 Å². The molecule has 0 aliphatic heterocycles. The molecule has 25 aromatic rings. The largest absolute Gasteiger partial charge is 0.255 e. The lowest BCUT2D eigenvalue weighted by atomic mass is 9.85. The summed E-state index contributed by atoms with van der Waals surface area (Å²) < 4.78 is 0. The summed E-state index contributed by atoms with van der Waals surface area (Å²) in [5.41, 5.74) is 32.2. The number of hydrogen-bond acceptors (Lipinski definition) is 22. The molecule has 22 heteroatoms. The van der Waals surface area contributed by atoms with E-state index in [9.17, 15) is 0 Å². The average Bonchev–Trinajstić information content (AvgIpc) is 0.725. The molecule has 0 atom stereocenters. The van der Waals surface area contributed by atoms with Crippen LogP contribution in [0.5, 0.6) is 0 Å². The number of hydrogen-bond donors (Lipinski definition) is 0. The van der Waals surface area contributed by atoms with Crippen molar-refractivity contribution in [1.82, 2.24) is 110 Å². The molecule has 146 heavy (non-hydrogen) atoms. The van der Waals surface area contributed by atoms with Gasteiger partial charge in [-0.25, -0.2) is 49.8 Å². The maximum absolute atomic E-state index is 5.10. The van der Waals surface area contributed by atoms with E-state index < -0.39 is 0 Å². The van der Waals surface area contributed by atoms with Crippen LogP contribution in [0.3, 0.4) is 0 Å². The molecule has 0 spiro atoms. The van der Waals surface area contributed by atoms with E-state index in [1.54, 1.807) is 74.4 Å². The summed E-state index contributed by atoms with van der Waals surface area (Å²) in [4.78, 5) is 105. The fourth-order valence-corrected chi connectivity index (χ4v) is 17.5. The van der Waals surface area contributed by atoms with Gasteiger partial charge < -0.3 is 0 Å². The average molecular weight is 1880 g/mol. The predicted molar refractivity (Wildman–Crippen MR) is 575 cm³/mol. The van der Waals surface area contributed by atoms with Crippen molar-refractivity contribution in [2.75, 3.05) is 0 Å². The first kappa shape index (κ1) is 89.4. The van der Waals surface area contributed by atoms with E-state index >= 15 is 0 Å². The highest BCUT2D eigenvalue weighted by Gasteiger charge is 2.25. The molecule has 0 aliphatic rings. The van der Waals surface area contributed by atoms with E-state index in [-0.39, 0.29) is 0 Å². The Morgan fingerprint density at radius 2 is 0.212 bits per heavy atom. The lowest BCUT2D eigenvalue weighted by molar-refractivity contribution is 1.19. The second-order valence-corrected chi connectivity index (χ2v) is 33.8. The van der Waals surface area contributed by atoms with Gasteiger partial charge in [-0.15, -0.1) is 0 Å². The Morgan fingerprint density at radius 3 is 0.397 bits per heavy atom. The van der Waals surface area contributed by atoms with Crippen LogP contribution in [-0.2, 0) is 0 Å². The van der Waals surface area contributed by atoms with Crippen molar-refractivity contribution in [3.8, 4) is 227 Å². The van der Waals surface area contributed by atoms with Crippen molar-refractivity contribution >= 4 is 21.5 Å². The van der Waals surface area contributed by atoms with E-state index in [2.05, 4.69) is 145 Å². The van der Waals surface area contributed by atoms with Gasteiger partial charge in [0.05, 0.1) is 182 Å². The molecule has 22 nitrogen and oxygen atoms in total. The fraction of sp³-hybridized carbons (Fsp3) is 0. The van der Waals surface area contributed by atoms with Gasteiger partial charge in [0.25, 0.3) is 0 Å². The van der Waals surface area contributed by atoms with Gasteiger partial charge in [0.2, 0.25) is 0 Å². The van der Waals surface area contributed by atoms with E-state index in [0.29, 0.717) is 34.2 Å². The molecule has 0 bridgehead atoms. The molecule has 0 N–H and O–H groups in total. The van der Waals surface area contributed by atoms with E-state index in [0.717, 1.165) is 214 Å². The molecule has 0 fully saturated rings. The highest BCUT2D eigenvalue weighted by atomic mass is 14.9. The van der Waals surface area contributed by atoms with Crippen LogP contribution in [-0.4, -0.2) is 110 Å². The molecule has 3 aromatic carbocycles. The molecule has 686 valence electrons. The van der Waals surface area contributed by atoms with E-state index in [1.165, 1.54) is 0 Å². The molecule has 25 rings (SSSR count). The third-order valence-corrected chi connectivity index (χ3v) is 24.3. The van der Waals surface area contributed by atoms with Crippen LogP contribution in [0, 0.1) is 0 Å². The Kier molecular flexibility index (Phi) is 25.5. The summed E-state index contributed by atoms with van der Waals surface area (Å²) >= 11 is 0. The van der Waals surface area contributed by atoms with E-state index in [1.807, 2.05) is 328 Å². The molecule has 0 amide bonds. The third-order valence-electron chi connectivity index (χ3n) is 24.3. The SMILES string of the molecule is c1ccc(-c2cc(-c3c4ccccc4c(-c4cc(-c5ccccn5)nc(-c5ccccn5)c4)c4ccccc34)cc(-c3ccccn3)n2)nc1.c1ccc(-c2cccc(-c3cc(-c4cc(-c5ccccn5)nc(-c5cccc(-c6ccccn6)n5)c4)cc(-c4ccccn4)n3)n2)nc1.c1ccc(-c2cccc(-c3cc(-c4ccccn4)nc(-c4cc(-c5cccc(-c6ccccn6)n5)cc(-c5ccccn5)n4)c3)n2)nc1. The van der Waals surface area contributed by atoms with Crippen molar-refractivity contribution in [3.63, 3.8) is 0 Å². The summed E-state index contributed by atoms with van der Waals surface area (Å²) in [7, 11) is 0. The second kappa shape index (κ2) is 41.6. The molecule has 0 aliphatic carbocycles. The van der Waals surface area contributed by atoms with Crippen molar-refractivity contribution in [1.29, 1.82) is 0 Å². The summed E-state index contributed by atoms with van der Waals surface area (Å²) in [5, 5.41) is 4.51. The number of aromatic nitrogens is 22. The van der Waals surface area contributed by atoms with Crippen molar-refractivity contribution in [3.05, 3.63) is 487 Å². The van der Waals surface area contributed by atoms with Crippen molar-refractivity contribution in [2.24, 2.45) is 0 Å². The lowest BCUT2D eigenvalue weighted by Crippen LogP contribution is -1.98. The first-order valence-corrected chi connectivity index (χ1v) is 47.3. The summed E-state index contributed by atoms with van der Waals surface area (Å²) in [6, 6.07) is 136. The highest BCUT2D eigenvalue weighted by Crippen LogP contribution is 2.47. The van der Waals surface area contributed by atoms with Gasteiger partial charge in [-0.2, -0.15) is 0 Å². The molecule has 0 saturated carbocycles. The van der Waals surface area contributed by atoms with E-state index in [4.69, 9.17) is 49.8 Å². The van der Waals surface area contributed by atoms with Gasteiger partial charge in [0, 0.05) is 85.5 Å². The van der Waals surface area contributed by atoms with Gasteiger partial charge in [0.15, 0.2) is 0 Å². The van der Waals surface area contributed by atoms with Gasteiger partial charge in [-0.3, -0.25) is 59.8 Å². The quantitative estimate of drug-likeness (QED) is 0.0641. The topological polar surface area (TPSA) is 284 Å². The predicted octanol–water partition coefficient (Wildman–Crippen LogP) is 27.4. The highest BCUT2D eigenvalue weighted by molar-refractivity contribution is 6.22. The van der Waals surface area contributed by atoms with Crippen LogP contribution in [0.4, 0.5) is 0 Å². The Labute approximate surface area is 839 Å². The molecular formula is C124H80N22. The van der Waals surface area contributed by atoms with Gasteiger partial charge >= 0.3 is 0 Å². The Morgan fingerprint density at radius 1 is 0.0890 bits per heavy atom. The minimum absolute atomic E-state index is 0.665. The Balaban J connectivity index is 0.000000121. The zero-order valence-corrected chi connectivity index (χ0v) is 78.0. The molecule has 22 heterocycles. The number of fused-ring (bicyclic) bond motifs is 2. The first-order chi connectivity index (χ1) is 72.3. The lowest BCUT2D eigenvalue weighted by Gasteiger charge is -2.19. The number of rotatable bonds is 20. The minimum Gasteiger partial charge on any atom is -0.255 e. The standard InChI is InChI=1S/C44H28N6.2C40H26N8/c1-2-14-32-31(13-1)43(29-25-39(35-17-5-9-21-45-35)49-40(26-29)36-18-6-10-22-46-36)33-15-3-4-16-34(33)44(32)30-27-41(37-19-7-11-23-47-37)50-42(28-30)38-20-8-12-24-48-38;1-5-19-41-31(11-1)35-17-9-15-29(45-35)27-23-37(33-13-3-7-21-43-33)47-39(25-27)40-26-28(24-38(48-40)34-14-4-8-22-44-34)30-16-10-18-36(46-30)32-12-2-6-20-42-32;1-5-19-41-29(11-1)33-15-9-17-35(45-33)39-25-27(23-37(47-39)31-13-3-7-21-43-31)28-24-38(32-14-4-8-22-44-32)48-40(26-28)36-18-10-16-34(46-36)30-12-2-6-20-42-30/h1-28H;2*1-26H. The molecular weight excluding hydrogens is 1800 g/mol. The van der Waals surface area contributed by atoms with Gasteiger partial charge in [-0.05, 0) is 322 Å². The maximum atomic E-state index is 5.10. The molecule has 0 saturated heterocycles. The second-order valence-electron chi connectivity index (χ2n) is 33.8. The van der Waals surface area contributed by atoms with Crippen LogP contribution in [0.25, 0.3) is 248 Å². The fourth-order valence-electron chi connectivity index (χ4n) is 17.5. The molecule has 22 aromatic heterocycles. The normalized spacial score (nSPS) is 11.0. The smallest absolute Gasteiger partial charge is 0.0901 e. The zero-order chi connectivity index (χ0) is 97.5. The van der Waals surface area contributed by atoms with Crippen LogP contribution in [0.1, 0.15) is 0 Å². The first-order valence-electron chi connectivity index (χ1n) is 47.3. The van der Waals surface area contributed by atoms with Crippen molar-refractivity contribution < 1.29 is 0 Å². The minimum atomic E-state index is 0.665. The van der Waals surface area contributed by atoms with Gasteiger partial charge in [-0.1, -0.05) is 146 Å². The zero-order valence-electron chi connectivity index (χ0n) is 78.0. The summed E-state index contributed by atoms with van der Waals surface area (Å²) in [5.74, 6) is 0. The number of nitrogens with zero attached hydrogens (tertiary/aromatic N) is 22. The Hall–Kier alpha value is -20.5.